The van der Waals surface area contributed by atoms with Crippen molar-refractivity contribution >= 4 is 43.6 Å². The molecule has 2 heterocycles. The van der Waals surface area contributed by atoms with Gasteiger partial charge in [-0.15, -0.1) is 0 Å². The Hall–Kier alpha value is -7.42. The molecule has 0 spiro atoms. The second kappa shape index (κ2) is 12.6. The molecular formula is C55H36N2. The highest BCUT2D eigenvalue weighted by atomic mass is 15.0. The van der Waals surface area contributed by atoms with E-state index in [1.165, 1.54) is 105 Å². The van der Waals surface area contributed by atoms with Crippen LogP contribution in [0.1, 0.15) is 22.6 Å². The van der Waals surface area contributed by atoms with E-state index >= 15 is 0 Å². The van der Waals surface area contributed by atoms with Crippen LogP contribution in [0.15, 0.2) is 212 Å². The predicted molar refractivity (Wildman–Crippen MR) is 239 cm³/mol. The largest absolute Gasteiger partial charge is 0.309 e. The number of benzene rings is 9. The molecule has 57 heavy (non-hydrogen) atoms. The SMILES string of the molecule is c1ccc(-n2c3ccccc3c3cc(-c4ccc5c(c4)-c4ccccc4C5c4cccc(-c5ccc(-n6c7ccccc7c7ccccc76)cc5)c4)ccc32)cc1. The molecule has 1 unspecified atom stereocenters. The highest BCUT2D eigenvalue weighted by molar-refractivity contribution is 6.11. The lowest BCUT2D eigenvalue weighted by Gasteiger charge is -2.16. The number of nitrogens with zero attached hydrogens (tertiary/aromatic N) is 2. The van der Waals surface area contributed by atoms with Crippen LogP contribution in [-0.2, 0) is 0 Å². The van der Waals surface area contributed by atoms with Crippen LogP contribution < -0.4 is 0 Å². The molecule has 2 heteroatoms. The lowest BCUT2D eigenvalue weighted by molar-refractivity contribution is 1.02. The minimum absolute atomic E-state index is 0.161. The molecule has 11 aromatic rings. The second-order valence-corrected chi connectivity index (χ2v) is 15.3. The molecule has 266 valence electrons. The first-order valence-corrected chi connectivity index (χ1v) is 19.8. The number of fused-ring (bicyclic) bond motifs is 9. The Labute approximate surface area is 331 Å². The van der Waals surface area contributed by atoms with Crippen LogP contribution >= 0.6 is 0 Å². The van der Waals surface area contributed by atoms with E-state index in [4.69, 9.17) is 0 Å². The number of hydrogen-bond donors (Lipinski definition) is 0. The second-order valence-electron chi connectivity index (χ2n) is 15.3. The van der Waals surface area contributed by atoms with Crippen LogP contribution in [0.25, 0.3) is 88.4 Å². The molecule has 2 nitrogen and oxygen atoms in total. The average molecular weight is 725 g/mol. The van der Waals surface area contributed by atoms with Crippen LogP contribution in [0, 0.1) is 0 Å². The highest BCUT2D eigenvalue weighted by Gasteiger charge is 2.30. The molecule has 0 bridgehead atoms. The topological polar surface area (TPSA) is 9.86 Å². The van der Waals surface area contributed by atoms with Gasteiger partial charge in [-0.2, -0.15) is 0 Å². The zero-order chi connectivity index (χ0) is 37.5. The van der Waals surface area contributed by atoms with Crippen LogP contribution in [-0.4, -0.2) is 9.13 Å². The molecule has 12 rings (SSSR count). The molecule has 0 fully saturated rings. The first-order chi connectivity index (χ1) is 28.3. The third kappa shape index (κ3) is 4.91. The smallest absolute Gasteiger partial charge is 0.0541 e. The Morgan fingerprint density at radius 3 is 1.51 bits per heavy atom. The summed E-state index contributed by atoms with van der Waals surface area (Å²) in [6.45, 7) is 0. The summed E-state index contributed by atoms with van der Waals surface area (Å²) in [6.07, 6.45) is 0. The zero-order valence-electron chi connectivity index (χ0n) is 31.2. The Balaban J connectivity index is 0.920. The van der Waals surface area contributed by atoms with Gasteiger partial charge in [0, 0.05) is 38.8 Å². The van der Waals surface area contributed by atoms with Crippen molar-refractivity contribution in [3.8, 4) is 44.8 Å². The van der Waals surface area contributed by atoms with Gasteiger partial charge in [-0.3, -0.25) is 0 Å². The summed E-state index contributed by atoms with van der Waals surface area (Å²) < 4.78 is 4.76. The molecule has 0 aliphatic heterocycles. The summed E-state index contributed by atoms with van der Waals surface area (Å²) >= 11 is 0. The maximum Gasteiger partial charge on any atom is 0.0541 e. The number of hydrogen-bond acceptors (Lipinski definition) is 0. The lowest BCUT2D eigenvalue weighted by atomic mass is 9.87. The fraction of sp³-hybridized carbons (Fsp3) is 0.0182. The van der Waals surface area contributed by atoms with Gasteiger partial charge in [-0.1, -0.05) is 152 Å². The Morgan fingerprint density at radius 2 is 0.789 bits per heavy atom. The molecule has 0 saturated carbocycles. The molecule has 0 N–H and O–H groups in total. The molecule has 2 aromatic heterocycles. The maximum absolute atomic E-state index is 2.42. The van der Waals surface area contributed by atoms with Crippen molar-refractivity contribution in [1.29, 1.82) is 0 Å². The van der Waals surface area contributed by atoms with E-state index in [9.17, 15) is 0 Å². The first-order valence-electron chi connectivity index (χ1n) is 19.8. The average Bonchev–Trinajstić information content (AvgIpc) is 3.92. The number of rotatable bonds is 5. The standard InChI is InChI=1S/C55H36N2/c1-2-15-41(16-3-1)56-53-24-11-8-20-46(53)50-35-39(28-32-54(50)56)38-27-31-48-49(34-38)43-17-4-5-21-47(43)55(48)40-14-12-13-37(33-40)36-25-29-42(30-26-36)57-51-22-9-6-18-44(51)45-19-7-10-23-52(45)57/h1-35,55H. The van der Waals surface area contributed by atoms with Crippen molar-refractivity contribution in [3.63, 3.8) is 0 Å². The van der Waals surface area contributed by atoms with Gasteiger partial charge >= 0.3 is 0 Å². The quantitative estimate of drug-likeness (QED) is 0.167. The summed E-state index contributed by atoms with van der Waals surface area (Å²) in [5.41, 5.74) is 18.8. The fourth-order valence-corrected chi connectivity index (χ4v) is 9.65. The Bertz CT molecular complexity index is 3290. The van der Waals surface area contributed by atoms with Crippen molar-refractivity contribution in [3.05, 3.63) is 229 Å². The van der Waals surface area contributed by atoms with E-state index in [-0.39, 0.29) is 5.92 Å². The van der Waals surface area contributed by atoms with Gasteiger partial charge in [0.1, 0.15) is 0 Å². The highest BCUT2D eigenvalue weighted by Crippen LogP contribution is 2.50. The summed E-state index contributed by atoms with van der Waals surface area (Å²) in [7, 11) is 0. The Kier molecular flexibility index (Phi) is 7.02. The summed E-state index contributed by atoms with van der Waals surface area (Å²) in [4.78, 5) is 0. The molecule has 1 aliphatic carbocycles. The predicted octanol–water partition coefficient (Wildman–Crippen LogP) is 14.4. The van der Waals surface area contributed by atoms with E-state index in [0.29, 0.717) is 0 Å². The molecule has 0 saturated heterocycles. The third-order valence-corrected chi connectivity index (χ3v) is 12.2. The van der Waals surface area contributed by atoms with Gasteiger partial charge in [0.25, 0.3) is 0 Å². The Morgan fingerprint density at radius 1 is 0.281 bits per heavy atom. The normalized spacial score (nSPS) is 13.4. The van der Waals surface area contributed by atoms with Gasteiger partial charge in [0.2, 0.25) is 0 Å². The lowest BCUT2D eigenvalue weighted by Crippen LogP contribution is -1.99. The number of para-hydroxylation sites is 4. The van der Waals surface area contributed by atoms with E-state index < -0.39 is 0 Å². The first kappa shape index (κ1) is 31.9. The molecular weight excluding hydrogens is 689 g/mol. The fourth-order valence-electron chi connectivity index (χ4n) is 9.65. The van der Waals surface area contributed by atoms with Gasteiger partial charge in [0.05, 0.1) is 22.1 Å². The van der Waals surface area contributed by atoms with Crippen molar-refractivity contribution in [2.75, 3.05) is 0 Å². The van der Waals surface area contributed by atoms with Gasteiger partial charge in [-0.25, -0.2) is 0 Å². The van der Waals surface area contributed by atoms with E-state index in [0.717, 1.165) is 0 Å². The molecule has 9 aromatic carbocycles. The summed E-state index contributed by atoms with van der Waals surface area (Å²) in [5, 5.41) is 5.10. The van der Waals surface area contributed by atoms with Gasteiger partial charge in [-0.05, 0) is 111 Å². The van der Waals surface area contributed by atoms with E-state index in [1.54, 1.807) is 0 Å². The number of aromatic nitrogens is 2. The van der Waals surface area contributed by atoms with Crippen LogP contribution in [0.5, 0.6) is 0 Å². The van der Waals surface area contributed by atoms with Crippen LogP contribution in [0.2, 0.25) is 0 Å². The van der Waals surface area contributed by atoms with E-state index in [2.05, 4.69) is 221 Å². The minimum atomic E-state index is 0.161. The minimum Gasteiger partial charge on any atom is -0.309 e. The summed E-state index contributed by atoms with van der Waals surface area (Å²) in [6, 6.07) is 78.1. The summed E-state index contributed by atoms with van der Waals surface area (Å²) in [5.74, 6) is 0.161. The third-order valence-electron chi connectivity index (χ3n) is 12.2. The molecule has 1 atom stereocenters. The van der Waals surface area contributed by atoms with E-state index in [1.807, 2.05) is 0 Å². The van der Waals surface area contributed by atoms with Crippen LogP contribution in [0.4, 0.5) is 0 Å². The van der Waals surface area contributed by atoms with Gasteiger partial charge in [0.15, 0.2) is 0 Å². The monoisotopic (exact) mass is 724 g/mol. The van der Waals surface area contributed by atoms with Crippen molar-refractivity contribution < 1.29 is 0 Å². The van der Waals surface area contributed by atoms with Crippen molar-refractivity contribution in [1.82, 2.24) is 9.13 Å². The van der Waals surface area contributed by atoms with Crippen molar-refractivity contribution in [2.24, 2.45) is 0 Å². The van der Waals surface area contributed by atoms with Crippen LogP contribution in [0.3, 0.4) is 0 Å². The zero-order valence-corrected chi connectivity index (χ0v) is 31.2. The van der Waals surface area contributed by atoms with Gasteiger partial charge < -0.3 is 9.13 Å². The molecule has 0 radical (unpaired) electrons. The molecule has 0 amide bonds. The van der Waals surface area contributed by atoms with Crippen molar-refractivity contribution in [2.45, 2.75) is 5.92 Å². The maximum atomic E-state index is 2.42. The molecule has 1 aliphatic rings.